The predicted molar refractivity (Wildman–Crippen MR) is 38.7 cm³/mol. The Balaban J connectivity index is 2.79. The minimum Gasteiger partial charge on any atom is -0.464 e. The van der Waals surface area contributed by atoms with E-state index in [0.717, 1.165) is 4.57 Å². The SMILES string of the molecule is O=C(O)n1cnc2ncncc21. The first-order chi connectivity index (χ1) is 5.79. The molecule has 0 amide bonds. The van der Waals surface area contributed by atoms with Crippen LogP contribution in [0.5, 0.6) is 0 Å². The van der Waals surface area contributed by atoms with Crippen molar-refractivity contribution in [3.05, 3.63) is 18.9 Å². The molecule has 0 radical (unpaired) electrons. The minimum absolute atomic E-state index is 0.382. The Morgan fingerprint density at radius 3 is 3.08 bits per heavy atom. The average Bonchev–Trinajstić information content (AvgIpc) is 2.47. The van der Waals surface area contributed by atoms with Crippen LogP contribution in [-0.2, 0) is 0 Å². The minimum atomic E-state index is -1.09. The van der Waals surface area contributed by atoms with Crippen LogP contribution in [0.2, 0.25) is 0 Å². The molecular formula is C6H4N4O2. The number of hydrogen-bond acceptors (Lipinski definition) is 4. The predicted octanol–water partition coefficient (Wildman–Crippen LogP) is 0.352. The van der Waals surface area contributed by atoms with Gasteiger partial charge in [0.15, 0.2) is 5.65 Å². The average molecular weight is 164 g/mol. The lowest BCUT2D eigenvalue weighted by Gasteiger charge is -1.92. The van der Waals surface area contributed by atoms with Crippen LogP contribution < -0.4 is 0 Å². The summed E-state index contributed by atoms with van der Waals surface area (Å²) in [6, 6.07) is 0. The lowest BCUT2D eigenvalue weighted by molar-refractivity contribution is 0.197. The molecule has 2 aromatic rings. The molecular weight excluding hydrogens is 160 g/mol. The van der Waals surface area contributed by atoms with Gasteiger partial charge in [0, 0.05) is 0 Å². The molecule has 0 unspecified atom stereocenters. The molecule has 60 valence electrons. The number of carbonyl (C=O) groups is 1. The van der Waals surface area contributed by atoms with E-state index in [2.05, 4.69) is 15.0 Å². The molecule has 0 saturated heterocycles. The smallest absolute Gasteiger partial charge is 0.417 e. The van der Waals surface area contributed by atoms with Gasteiger partial charge in [-0.05, 0) is 0 Å². The second-order valence-corrected chi connectivity index (χ2v) is 2.13. The third-order valence-corrected chi connectivity index (χ3v) is 1.43. The molecule has 12 heavy (non-hydrogen) atoms. The van der Waals surface area contributed by atoms with Gasteiger partial charge in [0.05, 0.1) is 6.20 Å². The molecule has 0 bridgehead atoms. The highest BCUT2D eigenvalue weighted by Gasteiger charge is 2.07. The van der Waals surface area contributed by atoms with Crippen LogP contribution in [0.25, 0.3) is 11.2 Å². The fourth-order valence-corrected chi connectivity index (χ4v) is 0.912. The largest absolute Gasteiger partial charge is 0.464 e. The van der Waals surface area contributed by atoms with Gasteiger partial charge in [-0.2, -0.15) is 0 Å². The molecule has 6 nitrogen and oxygen atoms in total. The van der Waals surface area contributed by atoms with Gasteiger partial charge in [0.1, 0.15) is 18.2 Å². The maximum atomic E-state index is 10.5. The summed E-state index contributed by atoms with van der Waals surface area (Å²) in [6.07, 6.45) is 2.83. The van der Waals surface area contributed by atoms with E-state index in [1.165, 1.54) is 18.9 Å². The second-order valence-electron chi connectivity index (χ2n) is 2.13. The molecule has 2 heterocycles. The van der Waals surface area contributed by atoms with Crippen LogP contribution in [0.4, 0.5) is 4.79 Å². The molecule has 6 heteroatoms. The number of carboxylic acid groups (broad SMARTS) is 1. The van der Waals surface area contributed by atoms with E-state index in [9.17, 15) is 4.79 Å². The summed E-state index contributed by atoms with van der Waals surface area (Å²) in [5, 5.41) is 8.64. The van der Waals surface area contributed by atoms with E-state index in [1.54, 1.807) is 0 Å². The third kappa shape index (κ3) is 0.815. The van der Waals surface area contributed by atoms with Crippen molar-refractivity contribution in [3.63, 3.8) is 0 Å². The van der Waals surface area contributed by atoms with Gasteiger partial charge in [-0.3, -0.25) is 0 Å². The second kappa shape index (κ2) is 2.26. The Kier molecular flexibility index (Phi) is 1.26. The molecule has 2 aromatic heterocycles. The Bertz CT molecular complexity index is 436. The fraction of sp³-hybridized carbons (Fsp3) is 0. The highest BCUT2D eigenvalue weighted by molar-refractivity contribution is 5.82. The zero-order valence-electron chi connectivity index (χ0n) is 5.88. The topological polar surface area (TPSA) is 80.9 Å². The molecule has 0 atom stereocenters. The van der Waals surface area contributed by atoms with E-state index in [0.29, 0.717) is 11.2 Å². The molecule has 0 spiro atoms. The highest BCUT2D eigenvalue weighted by atomic mass is 16.4. The summed E-state index contributed by atoms with van der Waals surface area (Å²) in [7, 11) is 0. The van der Waals surface area contributed by atoms with Crippen molar-refractivity contribution in [3.8, 4) is 0 Å². The van der Waals surface area contributed by atoms with Gasteiger partial charge >= 0.3 is 6.09 Å². The van der Waals surface area contributed by atoms with Crippen LogP contribution in [-0.4, -0.2) is 30.7 Å². The molecule has 0 fully saturated rings. The number of fused-ring (bicyclic) bond motifs is 1. The van der Waals surface area contributed by atoms with Crippen molar-refractivity contribution >= 4 is 17.3 Å². The molecule has 0 aliphatic carbocycles. The van der Waals surface area contributed by atoms with Gasteiger partial charge in [-0.25, -0.2) is 24.3 Å². The van der Waals surface area contributed by atoms with Crippen molar-refractivity contribution in [2.45, 2.75) is 0 Å². The first-order valence-electron chi connectivity index (χ1n) is 3.15. The summed E-state index contributed by atoms with van der Waals surface area (Å²) < 4.78 is 0.968. The van der Waals surface area contributed by atoms with Crippen LogP contribution in [0, 0.1) is 0 Å². The van der Waals surface area contributed by atoms with E-state index in [1.807, 2.05) is 0 Å². The van der Waals surface area contributed by atoms with Crippen molar-refractivity contribution in [2.24, 2.45) is 0 Å². The molecule has 0 aliphatic rings. The van der Waals surface area contributed by atoms with Gasteiger partial charge < -0.3 is 5.11 Å². The summed E-state index contributed by atoms with van der Waals surface area (Å²) in [5.74, 6) is 0. The van der Waals surface area contributed by atoms with Gasteiger partial charge in [0.25, 0.3) is 0 Å². The molecule has 2 rings (SSSR count). The standard InChI is InChI=1S/C6H4N4O2/c11-6(12)10-3-9-5-4(10)1-7-2-8-5/h1-3H,(H,11,12). The Morgan fingerprint density at radius 1 is 1.50 bits per heavy atom. The third-order valence-electron chi connectivity index (χ3n) is 1.43. The monoisotopic (exact) mass is 164 g/mol. The summed E-state index contributed by atoms with van der Waals surface area (Å²) in [6.45, 7) is 0. The maximum Gasteiger partial charge on any atom is 0.417 e. The zero-order chi connectivity index (χ0) is 8.55. The van der Waals surface area contributed by atoms with Crippen LogP contribution in [0.15, 0.2) is 18.9 Å². The lowest BCUT2D eigenvalue weighted by Crippen LogP contribution is -2.05. The Hall–Kier alpha value is -1.98. The Morgan fingerprint density at radius 2 is 2.33 bits per heavy atom. The number of aromatic nitrogens is 4. The number of nitrogens with zero attached hydrogens (tertiary/aromatic N) is 4. The van der Waals surface area contributed by atoms with Gasteiger partial charge in [0.2, 0.25) is 0 Å². The van der Waals surface area contributed by atoms with Crippen LogP contribution >= 0.6 is 0 Å². The summed E-state index contributed by atoms with van der Waals surface area (Å²) in [4.78, 5) is 21.8. The summed E-state index contributed by atoms with van der Waals surface area (Å²) in [5.41, 5.74) is 0.775. The fourth-order valence-electron chi connectivity index (χ4n) is 0.912. The molecule has 0 saturated carbocycles. The van der Waals surface area contributed by atoms with Gasteiger partial charge in [-0.1, -0.05) is 0 Å². The van der Waals surface area contributed by atoms with Crippen molar-refractivity contribution in [2.75, 3.05) is 0 Å². The number of rotatable bonds is 0. The van der Waals surface area contributed by atoms with E-state index < -0.39 is 6.09 Å². The first-order valence-corrected chi connectivity index (χ1v) is 3.15. The lowest BCUT2D eigenvalue weighted by atomic mass is 10.5. The van der Waals surface area contributed by atoms with E-state index in [4.69, 9.17) is 5.11 Å². The molecule has 0 aliphatic heterocycles. The van der Waals surface area contributed by atoms with Crippen molar-refractivity contribution < 1.29 is 9.90 Å². The molecule has 0 aromatic carbocycles. The van der Waals surface area contributed by atoms with E-state index >= 15 is 0 Å². The Labute approximate surface area is 66.5 Å². The maximum absolute atomic E-state index is 10.5. The zero-order valence-corrected chi connectivity index (χ0v) is 5.88. The highest BCUT2D eigenvalue weighted by Crippen LogP contribution is 2.06. The van der Waals surface area contributed by atoms with Crippen LogP contribution in [0.3, 0.4) is 0 Å². The first kappa shape index (κ1) is 6.71. The number of imidazole rings is 1. The van der Waals surface area contributed by atoms with Crippen molar-refractivity contribution in [1.82, 2.24) is 19.5 Å². The van der Waals surface area contributed by atoms with Crippen LogP contribution in [0.1, 0.15) is 0 Å². The number of hydrogen-bond donors (Lipinski definition) is 1. The van der Waals surface area contributed by atoms with Gasteiger partial charge in [-0.15, -0.1) is 0 Å². The normalized spacial score (nSPS) is 10.3. The quantitative estimate of drug-likeness (QED) is 0.607. The van der Waals surface area contributed by atoms with Crippen molar-refractivity contribution in [1.29, 1.82) is 0 Å². The molecule has 1 N–H and O–H groups in total. The summed E-state index contributed by atoms with van der Waals surface area (Å²) >= 11 is 0. The van der Waals surface area contributed by atoms with E-state index in [-0.39, 0.29) is 0 Å².